The molecule has 0 spiro atoms. The summed E-state index contributed by atoms with van der Waals surface area (Å²) in [5, 5.41) is 11.7. The Bertz CT molecular complexity index is 828. The maximum absolute atomic E-state index is 6.05. The monoisotopic (exact) mass is 350 g/mol. The minimum atomic E-state index is 0.499. The Morgan fingerprint density at radius 1 is 1.18 bits per heavy atom. The lowest BCUT2D eigenvalue weighted by molar-refractivity contribution is 1.06. The molecule has 0 aliphatic heterocycles. The highest BCUT2D eigenvalue weighted by atomic mass is 35.5. The van der Waals surface area contributed by atoms with Crippen molar-refractivity contribution in [1.82, 2.24) is 14.8 Å². The summed E-state index contributed by atoms with van der Waals surface area (Å²) < 4.78 is 2.31. The molecule has 1 aromatic carbocycles. The van der Waals surface area contributed by atoms with Crippen molar-refractivity contribution < 1.29 is 0 Å². The molecular formula is C15H12Cl2N4S. The zero-order valence-electron chi connectivity index (χ0n) is 11.4. The molecule has 3 rings (SSSR count). The van der Waals surface area contributed by atoms with Crippen LogP contribution < -0.4 is 5.32 Å². The van der Waals surface area contributed by atoms with Crippen molar-refractivity contribution in [3.63, 3.8) is 0 Å². The molecule has 0 amide bonds. The Morgan fingerprint density at radius 3 is 2.73 bits per heavy atom. The van der Waals surface area contributed by atoms with Crippen LogP contribution >= 0.6 is 35.4 Å². The van der Waals surface area contributed by atoms with Crippen LogP contribution in [-0.4, -0.2) is 14.8 Å². The van der Waals surface area contributed by atoms with E-state index in [0.29, 0.717) is 22.2 Å². The van der Waals surface area contributed by atoms with Crippen molar-refractivity contribution in [1.29, 1.82) is 0 Å². The van der Waals surface area contributed by atoms with E-state index >= 15 is 0 Å². The molecule has 7 heteroatoms. The molecule has 112 valence electrons. The maximum atomic E-state index is 6.05. The number of nitrogens with zero attached hydrogens (tertiary/aromatic N) is 2. The van der Waals surface area contributed by atoms with Gasteiger partial charge in [0, 0.05) is 22.2 Å². The fourth-order valence-corrected chi connectivity index (χ4v) is 2.54. The molecule has 1 aliphatic rings. The van der Waals surface area contributed by atoms with Gasteiger partial charge >= 0.3 is 0 Å². The van der Waals surface area contributed by atoms with Crippen LogP contribution in [0.5, 0.6) is 0 Å². The molecule has 4 nitrogen and oxygen atoms in total. The molecule has 0 radical (unpaired) electrons. The maximum Gasteiger partial charge on any atom is 0.232 e. The Labute approximate surface area is 142 Å². The lowest BCUT2D eigenvalue weighted by atomic mass is 10.3. The van der Waals surface area contributed by atoms with Gasteiger partial charge in [0.15, 0.2) is 0 Å². The minimum absolute atomic E-state index is 0.499. The SMILES string of the molecule is S=c1[nH]nc(Nc2ccc(Cl)cc2)n1C1=CC=C(Cl)CC=C1. The Kier molecular flexibility index (Phi) is 4.47. The summed E-state index contributed by atoms with van der Waals surface area (Å²) in [6, 6.07) is 7.36. The molecule has 0 fully saturated rings. The van der Waals surface area contributed by atoms with E-state index in [1.54, 1.807) is 0 Å². The van der Waals surface area contributed by atoms with E-state index in [2.05, 4.69) is 15.5 Å². The zero-order valence-corrected chi connectivity index (χ0v) is 13.7. The second-order valence-corrected chi connectivity index (χ2v) is 5.94. The smallest absolute Gasteiger partial charge is 0.232 e. The van der Waals surface area contributed by atoms with Gasteiger partial charge < -0.3 is 5.32 Å². The Morgan fingerprint density at radius 2 is 1.95 bits per heavy atom. The van der Waals surface area contributed by atoms with E-state index < -0.39 is 0 Å². The van der Waals surface area contributed by atoms with Crippen LogP contribution in [-0.2, 0) is 0 Å². The number of aromatic amines is 1. The first-order chi connectivity index (χ1) is 10.6. The molecule has 22 heavy (non-hydrogen) atoms. The minimum Gasteiger partial charge on any atom is -0.324 e. The van der Waals surface area contributed by atoms with Crippen LogP contribution in [0.3, 0.4) is 0 Å². The zero-order chi connectivity index (χ0) is 15.5. The second-order valence-electron chi connectivity index (χ2n) is 4.63. The first-order valence-corrected chi connectivity index (χ1v) is 7.73. The average Bonchev–Trinajstić information content (AvgIpc) is 2.72. The molecular weight excluding hydrogens is 339 g/mol. The third kappa shape index (κ3) is 3.32. The lowest BCUT2D eigenvalue weighted by Crippen LogP contribution is -2.02. The predicted octanol–water partition coefficient (Wildman–Crippen LogP) is 5.26. The summed E-state index contributed by atoms with van der Waals surface area (Å²) in [7, 11) is 0. The quantitative estimate of drug-likeness (QED) is 0.742. The van der Waals surface area contributed by atoms with Crippen molar-refractivity contribution in [3.8, 4) is 0 Å². The van der Waals surface area contributed by atoms with E-state index in [4.69, 9.17) is 35.4 Å². The van der Waals surface area contributed by atoms with Crippen LogP contribution in [0.4, 0.5) is 11.6 Å². The number of allylic oxidation sites excluding steroid dienone is 6. The topological polar surface area (TPSA) is 45.6 Å². The normalized spacial score (nSPS) is 14.3. The fraction of sp³-hybridized carbons (Fsp3) is 0.0667. The van der Waals surface area contributed by atoms with Crippen LogP contribution in [0.25, 0.3) is 5.70 Å². The number of benzene rings is 1. The summed E-state index contributed by atoms with van der Waals surface area (Å²) in [5.74, 6) is 0.592. The number of H-pyrrole nitrogens is 1. The van der Waals surface area contributed by atoms with E-state index in [-0.39, 0.29) is 0 Å². The molecule has 2 aromatic rings. The van der Waals surface area contributed by atoms with Crippen molar-refractivity contribution in [2.24, 2.45) is 0 Å². The average molecular weight is 351 g/mol. The van der Waals surface area contributed by atoms with Gasteiger partial charge in [-0.3, -0.25) is 4.57 Å². The van der Waals surface area contributed by atoms with Crippen LogP contribution in [0.1, 0.15) is 6.42 Å². The van der Waals surface area contributed by atoms with E-state index in [1.807, 2.05) is 53.1 Å². The lowest BCUT2D eigenvalue weighted by Gasteiger charge is -2.09. The molecule has 2 N–H and O–H groups in total. The number of aromatic nitrogens is 3. The predicted molar refractivity (Wildman–Crippen MR) is 94.1 cm³/mol. The van der Waals surface area contributed by atoms with Gasteiger partial charge in [0.05, 0.1) is 5.70 Å². The Balaban J connectivity index is 1.98. The third-order valence-corrected chi connectivity index (χ3v) is 3.87. The number of nitrogens with one attached hydrogen (secondary N) is 2. The first kappa shape index (κ1) is 15.1. The number of hydrogen-bond acceptors (Lipinski definition) is 3. The van der Waals surface area contributed by atoms with Crippen LogP contribution in [0, 0.1) is 4.77 Å². The van der Waals surface area contributed by atoms with Gasteiger partial charge in [0.2, 0.25) is 10.7 Å². The summed E-state index contributed by atoms with van der Waals surface area (Å²) in [6.45, 7) is 0. The largest absolute Gasteiger partial charge is 0.324 e. The third-order valence-electron chi connectivity index (χ3n) is 3.07. The fourth-order valence-electron chi connectivity index (χ4n) is 2.02. The highest BCUT2D eigenvalue weighted by molar-refractivity contribution is 7.71. The first-order valence-electron chi connectivity index (χ1n) is 6.57. The highest BCUT2D eigenvalue weighted by Gasteiger charge is 2.10. The number of anilines is 2. The molecule has 1 aliphatic carbocycles. The van der Waals surface area contributed by atoms with E-state index in [1.165, 1.54) is 0 Å². The van der Waals surface area contributed by atoms with Crippen molar-refractivity contribution in [2.75, 3.05) is 5.32 Å². The molecule has 1 aromatic heterocycles. The number of halogens is 2. The summed E-state index contributed by atoms with van der Waals surface area (Å²) >= 11 is 17.3. The summed E-state index contributed by atoms with van der Waals surface area (Å²) in [5.41, 5.74) is 1.75. The van der Waals surface area contributed by atoms with Gasteiger partial charge in [0.25, 0.3) is 0 Å². The van der Waals surface area contributed by atoms with E-state index in [0.717, 1.165) is 16.4 Å². The number of rotatable bonds is 3. The molecule has 0 bridgehead atoms. The van der Waals surface area contributed by atoms with Crippen LogP contribution in [0.15, 0.2) is 53.6 Å². The van der Waals surface area contributed by atoms with E-state index in [9.17, 15) is 0 Å². The van der Waals surface area contributed by atoms with Gasteiger partial charge in [-0.1, -0.05) is 29.3 Å². The second kappa shape index (κ2) is 6.52. The van der Waals surface area contributed by atoms with Gasteiger partial charge in [-0.15, -0.1) is 5.10 Å². The molecule has 0 saturated carbocycles. The molecule has 0 saturated heterocycles. The van der Waals surface area contributed by atoms with Crippen molar-refractivity contribution in [2.45, 2.75) is 6.42 Å². The number of hydrogen-bond donors (Lipinski definition) is 2. The summed E-state index contributed by atoms with van der Waals surface area (Å²) in [4.78, 5) is 0. The Hall–Kier alpha value is -1.82. The van der Waals surface area contributed by atoms with Gasteiger partial charge in [-0.2, -0.15) is 0 Å². The standard InChI is InChI=1S/C15H12Cl2N4S/c16-10-2-1-3-13(9-6-10)21-14(19-20-15(21)22)18-12-7-4-11(17)5-8-12/h1,3-9H,2H2,(H,18,19)(H,20,22). The van der Waals surface area contributed by atoms with Crippen molar-refractivity contribution >= 4 is 52.8 Å². The van der Waals surface area contributed by atoms with Gasteiger partial charge in [0.1, 0.15) is 0 Å². The summed E-state index contributed by atoms with van der Waals surface area (Å²) in [6.07, 6.45) is 8.41. The molecule has 0 unspecified atom stereocenters. The van der Waals surface area contributed by atoms with Crippen LogP contribution in [0.2, 0.25) is 5.02 Å². The van der Waals surface area contributed by atoms with Gasteiger partial charge in [-0.25, -0.2) is 5.10 Å². The molecule has 1 heterocycles. The van der Waals surface area contributed by atoms with Crippen molar-refractivity contribution in [3.05, 3.63) is 63.4 Å². The highest BCUT2D eigenvalue weighted by Crippen LogP contribution is 2.23. The molecule has 0 atom stereocenters. The van der Waals surface area contributed by atoms with Gasteiger partial charge in [-0.05, 0) is 54.7 Å².